The van der Waals surface area contributed by atoms with Gasteiger partial charge in [0.25, 0.3) is 0 Å². The summed E-state index contributed by atoms with van der Waals surface area (Å²) >= 11 is 0. The monoisotopic (exact) mass is 604 g/mol. The number of nitrogens with zero attached hydrogens (tertiary/aromatic N) is 4. The van der Waals surface area contributed by atoms with Crippen LogP contribution in [0.1, 0.15) is 44.6 Å². The lowest BCUT2D eigenvalue weighted by atomic mass is 9.86. The standard InChI is InChI=1S/C33H34F2N4O5/c1-3-22-25(34)6-5-20-13-21(43-19-41-2)14-23(26(20)22)28-27(35)29-24(15-36-28)30(39-11-4-7-33(16-39)10-12-44-33)38-31(37-29)42-18-32(17-40)8-9-32/h5-6,13-15,17H,3-4,7-12,16,18-19H2,1-2H3/t33-/m0/s1. The summed E-state index contributed by atoms with van der Waals surface area (Å²) in [5.74, 6) is -0.124. The third kappa shape index (κ3) is 5.01. The molecule has 2 aromatic heterocycles. The number of fused-ring (bicyclic) bond motifs is 2. The van der Waals surface area contributed by atoms with Crippen LogP contribution in [-0.2, 0) is 20.7 Å². The van der Waals surface area contributed by atoms with Crippen LogP contribution in [0.5, 0.6) is 11.8 Å². The fraction of sp³-hybridized carbons (Fsp3) is 0.455. The van der Waals surface area contributed by atoms with Gasteiger partial charge in [-0.25, -0.2) is 8.78 Å². The second kappa shape index (κ2) is 11.2. The molecule has 1 spiro atoms. The lowest BCUT2D eigenvalue weighted by molar-refractivity contribution is -0.151. The Bertz CT molecular complexity index is 1760. The van der Waals surface area contributed by atoms with Gasteiger partial charge in [0.2, 0.25) is 0 Å². The predicted octanol–water partition coefficient (Wildman–Crippen LogP) is 5.79. The maximum Gasteiger partial charge on any atom is 0.319 e. The van der Waals surface area contributed by atoms with Crippen LogP contribution in [0.3, 0.4) is 0 Å². The lowest BCUT2D eigenvalue weighted by Crippen LogP contribution is -2.56. The highest BCUT2D eigenvalue weighted by molar-refractivity contribution is 6.01. The summed E-state index contributed by atoms with van der Waals surface area (Å²) in [6.07, 6.45) is 7.16. The van der Waals surface area contributed by atoms with E-state index in [9.17, 15) is 4.79 Å². The van der Waals surface area contributed by atoms with Crippen molar-refractivity contribution in [3.63, 3.8) is 0 Å². The minimum Gasteiger partial charge on any atom is -0.468 e. The van der Waals surface area contributed by atoms with Crippen LogP contribution in [-0.4, -0.2) is 67.0 Å². The molecular weight excluding hydrogens is 570 g/mol. The number of ether oxygens (including phenoxy) is 4. The summed E-state index contributed by atoms with van der Waals surface area (Å²) < 4.78 is 54.7. The fourth-order valence-electron chi connectivity index (χ4n) is 6.40. The minimum atomic E-state index is -0.685. The van der Waals surface area contributed by atoms with Gasteiger partial charge in [-0.15, -0.1) is 0 Å². The van der Waals surface area contributed by atoms with Crippen LogP contribution >= 0.6 is 0 Å². The van der Waals surface area contributed by atoms with E-state index in [1.807, 2.05) is 6.92 Å². The number of carbonyl (C=O) groups is 1. The van der Waals surface area contributed by atoms with E-state index in [-0.39, 0.29) is 42.0 Å². The first kappa shape index (κ1) is 28.8. The molecule has 4 heterocycles. The molecule has 0 N–H and O–H groups in total. The van der Waals surface area contributed by atoms with Crippen LogP contribution in [0.25, 0.3) is 32.9 Å². The number of hydrogen-bond donors (Lipinski definition) is 0. The molecule has 4 aromatic rings. The van der Waals surface area contributed by atoms with Crippen LogP contribution < -0.4 is 14.4 Å². The summed E-state index contributed by atoms with van der Waals surface area (Å²) in [5, 5.41) is 1.67. The number of benzene rings is 2. The van der Waals surface area contributed by atoms with Gasteiger partial charge in [-0.2, -0.15) is 9.97 Å². The van der Waals surface area contributed by atoms with Gasteiger partial charge in [0.15, 0.2) is 12.6 Å². The number of aromatic nitrogens is 3. The number of aldehydes is 1. The Labute approximate surface area is 253 Å². The number of methoxy groups -OCH3 is 1. The zero-order valence-electron chi connectivity index (χ0n) is 24.8. The molecule has 1 atom stereocenters. The average Bonchev–Trinajstić information content (AvgIpc) is 3.82. The average molecular weight is 605 g/mol. The maximum absolute atomic E-state index is 16.8. The molecule has 11 heteroatoms. The van der Waals surface area contributed by atoms with E-state index < -0.39 is 11.2 Å². The SMILES string of the molecule is CCc1c(F)ccc2cc(OCOC)cc(-c3ncc4c(N5CCC[C@]6(CCO6)C5)nc(OCC5(C=O)CC5)nc4c3F)c12. The van der Waals surface area contributed by atoms with Crippen molar-refractivity contribution in [3.8, 4) is 23.0 Å². The summed E-state index contributed by atoms with van der Waals surface area (Å²) in [5.41, 5.74) is 0.0886. The van der Waals surface area contributed by atoms with Crippen LogP contribution in [0.4, 0.5) is 14.6 Å². The number of pyridine rings is 1. The van der Waals surface area contributed by atoms with E-state index in [1.54, 1.807) is 24.4 Å². The van der Waals surface area contributed by atoms with Crippen molar-refractivity contribution in [2.75, 3.05) is 45.1 Å². The molecule has 230 valence electrons. The Morgan fingerprint density at radius 3 is 2.66 bits per heavy atom. The van der Waals surface area contributed by atoms with Gasteiger partial charge in [0.1, 0.15) is 41.5 Å². The van der Waals surface area contributed by atoms with Gasteiger partial charge >= 0.3 is 6.01 Å². The Morgan fingerprint density at radius 1 is 1.11 bits per heavy atom. The molecule has 9 nitrogen and oxygen atoms in total. The maximum atomic E-state index is 16.8. The molecule has 2 aliphatic heterocycles. The third-order valence-electron chi connectivity index (χ3n) is 9.17. The van der Waals surface area contributed by atoms with E-state index in [2.05, 4.69) is 14.9 Å². The molecule has 2 saturated heterocycles. The second-order valence-electron chi connectivity index (χ2n) is 12.1. The molecule has 3 fully saturated rings. The van der Waals surface area contributed by atoms with E-state index in [0.29, 0.717) is 58.4 Å². The van der Waals surface area contributed by atoms with Gasteiger partial charge in [-0.05, 0) is 66.6 Å². The smallest absolute Gasteiger partial charge is 0.319 e. The molecule has 0 unspecified atom stereocenters. The topological polar surface area (TPSA) is 95.9 Å². The van der Waals surface area contributed by atoms with E-state index in [1.165, 1.54) is 13.2 Å². The zero-order valence-corrected chi connectivity index (χ0v) is 24.8. The highest BCUT2D eigenvalue weighted by Gasteiger charge is 2.45. The number of halogens is 2. The first-order chi connectivity index (χ1) is 21.4. The molecule has 1 saturated carbocycles. The lowest BCUT2D eigenvalue weighted by Gasteiger charge is -2.48. The van der Waals surface area contributed by atoms with Gasteiger partial charge in [0, 0.05) is 38.4 Å². The molecule has 2 aromatic carbocycles. The number of aryl methyl sites for hydroxylation is 1. The fourth-order valence-corrected chi connectivity index (χ4v) is 6.40. The van der Waals surface area contributed by atoms with Crippen LogP contribution in [0.15, 0.2) is 30.5 Å². The molecular formula is C33H34F2N4O5. The molecule has 0 amide bonds. The van der Waals surface area contributed by atoms with E-state index in [4.69, 9.17) is 23.9 Å². The predicted molar refractivity (Wildman–Crippen MR) is 160 cm³/mol. The van der Waals surface area contributed by atoms with Crippen molar-refractivity contribution >= 4 is 33.8 Å². The zero-order chi connectivity index (χ0) is 30.5. The number of carbonyl (C=O) groups excluding carboxylic acids is 1. The van der Waals surface area contributed by atoms with Crippen molar-refractivity contribution in [3.05, 3.63) is 47.7 Å². The molecule has 7 rings (SSSR count). The summed E-state index contributed by atoms with van der Waals surface area (Å²) in [6.45, 7) is 4.01. The van der Waals surface area contributed by atoms with Gasteiger partial charge in [0.05, 0.1) is 23.0 Å². The minimum absolute atomic E-state index is 0.00487. The highest BCUT2D eigenvalue weighted by atomic mass is 19.1. The van der Waals surface area contributed by atoms with Gasteiger partial charge in [-0.3, -0.25) is 4.98 Å². The summed E-state index contributed by atoms with van der Waals surface area (Å²) in [6, 6.07) is 6.47. The van der Waals surface area contributed by atoms with Crippen molar-refractivity contribution in [2.45, 2.75) is 51.0 Å². The molecule has 44 heavy (non-hydrogen) atoms. The van der Waals surface area contributed by atoms with Crippen LogP contribution in [0, 0.1) is 17.0 Å². The van der Waals surface area contributed by atoms with Crippen molar-refractivity contribution in [1.82, 2.24) is 15.0 Å². The molecule has 0 bridgehead atoms. The molecule has 0 radical (unpaired) electrons. The Balaban J connectivity index is 1.40. The normalized spacial score (nSPS) is 20.6. The van der Waals surface area contributed by atoms with Crippen molar-refractivity contribution < 1.29 is 32.5 Å². The van der Waals surface area contributed by atoms with E-state index >= 15 is 8.78 Å². The third-order valence-corrected chi connectivity index (χ3v) is 9.17. The van der Waals surface area contributed by atoms with Gasteiger partial charge < -0.3 is 28.6 Å². The first-order valence-corrected chi connectivity index (χ1v) is 15.1. The van der Waals surface area contributed by atoms with Crippen LogP contribution in [0.2, 0.25) is 0 Å². The van der Waals surface area contributed by atoms with E-state index in [0.717, 1.165) is 45.0 Å². The summed E-state index contributed by atoms with van der Waals surface area (Å²) in [7, 11) is 1.51. The van der Waals surface area contributed by atoms with Crippen molar-refractivity contribution in [1.29, 1.82) is 0 Å². The Kier molecular flexibility index (Phi) is 7.32. The first-order valence-electron chi connectivity index (χ1n) is 15.1. The Hall–Kier alpha value is -3.96. The number of anilines is 1. The van der Waals surface area contributed by atoms with Gasteiger partial charge in [-0.1, -0.05) is 13.0 Å². The largest absolute Gasteiger partial charge is 0.468 e. The molecule has 1 aliphatic carbocycles. The number of rotatable bonds is 10. The Morgan fingerprint density at radius 2 is 1.95 bits per heavy atom. The molecule has 3 aliphatic rings. The summed E-state index contributed by atoms with van der Waals surface area (Å²) in [4.78, 5) is 27.6. The quantitative estimate of drug-likeness (QED) is 0.165. The second-order valence-corrected chi connectivity index (χ2v) is 12.1. The highest BCUT2D eigenvalue weighted by Crippen LogP contribution is 2.44. The number of piperidine rings is 1. The van der Waals surface area contributed by atoms with Crippen molar-refractivity contribution in [2.24, 2.45) is 5.41 Å². The number of hydrogen-bond acceptors (Lipinski definition) is 9.